The fourth-order valence-electron chi connectivity index (χ4n) is 3.85. The maximum Gasteiger partial charge on any atom is 0.217 e. The fraction of sp³-hybridized carbons (Fsp3) is 0.857. The van der Waals surface area contributed by atoms with E-state index in [1.54, 1.807) is 12.4 Å². The molecule has 0 amide bonds. The zero-order chi connectivity index (χ0) is 21.2. The summed E-state index contributed by atoms with van der Waals surface area (Å²) in [6.07, 6.45) is 11.3. The largest absolute Gasteiger partial charge is 0.373 e. The zero-order valence-corrected chi connectivity index (χ0v) is 17.7. The standard InChI is InChI=1S/C14H25N6OP.F6P/c1-2-9-17(8-1)22(18-10-3-4-11-18)19-12-5-6-14(19)21-20-13-7-15-16-20;1-7(2,3,4,5)6/h7,13-14H,1-6,8-12H2;/q;-1/p+1. The topological polar surface area (TPSA) is 49.7 Å². The van der Waals surface area contributed by atoms with Crippen molar-refractivity contribution in [1.82, 2.24) is 29.2 Å². The second kappa shape index (κ2) is 8.07. The molecule has 0 bridgehead atoms. The summed E-state index contributed by atoms with van der Waals surface area (Å²) < 4.78 is 67.3. The molecule has 4 rings (SSSR count). The first-order chi connectivity index (χ1) is 13.4. The SMILES string of the molecule is F[P-](F)(F)(F)(F)F.c1cn(OC2CCCN2[PH+](N2CCCC2)N2CCCC2)nn1. The molecule has 0 N–H and O–H groups in total. The molecule has 3 aliphatic heterocycles. The predicted molar refractivity (Wildman–Crippen MR) is 99.8 cm³/mol. The molecule has 15 heteroatoms. The Morgan fingerprint density at radius 1 is 0.828 bits per heavy atom. The number of hydrogen-bond acceptors (Lipinski definition) is 6. The second-order valence-corrected chi connectivity index (χ2v) is 11.7. The van der Waals surface area contributed by atoms with Crippen LogP contribution in [0.4, 0.5) is 25.2 Å². The first-order valence-corrected chi connectivity index (χ1v) is 13.0. The first kappa shape index (κ1) is 22.9. The van der Waals surface area contributed by atoms with Gasteiger partial charge in [-0.3, -0.25) is 0 Å². The Kier molecular flexibility index (Phi) is 6.38. The zero-order valence-electron chi connectivity index (χ0n) is 15.8. The van der Waals surface area contributed by atoms with Crippen LogP contribution >= 0.6 is 16.2 Å². The minimum absolute atomic E-state index is 0.150. The van der Waals surface area contributed by atoms with Crippen LogP contribution in [0.5, 0.6) is 0 Å². The predicted octanol–water partition coefficient (Wildman–Crippen LogP) is 4.66. The van der Waals surface area contributed by atoms with E-state index in [1.807, 2.05) is 0 Å². The van der Waals surface area contributed by atoms with Crippen molar-refractivity contribution in [2.24, 2.45) is 0 Å². The van der Waals surface area contributed by atoms with Gasteiger partial charge in [-0.25, -0.2) is 0 Å². The summed E-state index contributed by atoms with van der Waals surface area (Å²) in [5.74, 6) is 0. The molecule has 7 nitrogen and oxygen atoms in total. The van der Waals surface area contributed by atoms with Crippen molar-refractivity contribution in [2.75, 3.05) is 32.7 Å². The van der Waals surface area contributed by atoms with Crippen LogP contribution in [0.2, 0.25) is 0 Å². The van der Waals surface area contributed by atoms with Gasteiger partial charge >= 0.3 is 33.0 Å². The molecule has 3 aliphatic rings. The van der Waals surface area contributed by atoms with Gasteiger partial charge in [0.1, 0.15) is 0 Å². The van der Waals surface area contributed by atoms with Gasteiger partial charge < -0.3 is 4.84 Å². The van der Waals surface area contributed by atoms with Crippen LogP contribution in [0.25, 0.3) is 0 Å². The summed E-state index contributed by atoms with van der Waals surface area (Å²) in [5, 5.41) is 7.82. The second-order valence-electron chi connectivity index (χ2n) is 7.35. The van der Waals surface area contributed by atoms with Crippen LogP contribution in [0.3, 0.4) is 0 Å². The maximum atomic E-state index is 9.87. The minimum atomic E-state index is -10.7. The van der Waals surface area contributed by atoms with E-state index in [1.165, 1.54) is 63.1 Å². The molecular weight excluding hydrogens is 444 g/mol. The van der Waals surface area contributed by atoms with E-state index in [2.05, 4.69) is 24.3 Å². The Bertz CT molecular complexity index is 624. The quantitative estimate of drug-likeness (QED) is 0.461. The van der Waals surface area contributed by atoms with Crippen molar-refractivity contribution in [2.45, 2.75) is 44.8 Å². The van der Waals surface area contributed by atoms with Gasteiger partial charge in [-0.15, -0.1) is 9.77 Å². The van der Waals surface area contributed by atoms with E-state index >= 15 is 0 Å². The molecule has 29 heavy (non-hydrogen) atoms. The molecule has 0 radical (unpaired) electrons. The molecule has 4 heterocycles. The molecule has 1 unspecified atom stereocenters. The van der Waals surface area contributed by atoms with Gasteiger partial charge in [-0.05, 0) is 37.3 Å². The van der Waals surface area contributed by atoms with Gasteiger partial charge in [0.05, 0.1) is 12.4 Å². The third-order valence-electron chi connectivity index (χ3n) is 4.86. The summed E-state index contributed by atoms with van der Waals surface area (Å²) in [6.45, 7) is 6.20. The maximum absolute atomic E-state index is 10.7. The third kappa shape index (κ3) is 8.13. The van der Waals surface area contributed by atoms with E-state index < -0.39 is 16.2 Å². The van der Waals surface area contributed by atoms with E-state index in [-0.39, 0.29) is 6.23 Å². The van der Waals surface area contributed by atoms with Gasteiger partial charge in [0.2, 0.25) is 14.6 Å². The average Bonchev–Trinajstić information content (AvgIpc) is 3.36. The molecule has 0 spiro atoms. The molecule has 0 aromatic carbocycles. The van der Waals surface area contributed by atoms with Crippen molar-refractivity contribution in [1.29, 1.82) is 0 Å². The van der Waals surface area contributed by atoms with Gasteiger partial charge in [0, 0.05) is 39.1 Å². The smallest absolute Gasteiger partial charge is 0.217 e. The van der Waals surface area contributed by atoms with Gasteiger partial charge in [-0.2, -0.15) is 9.34 Å². The Morgan fingerprint density at radius 3 is 1.79 bits per heavy atom. The van der Waals surface area contributed by atoms with Crippen molar-refractivity contribution < 1.29 is 30.0 Å². The van der Waals surface area contributed by atoms with Crippen LogP contribution in [0.1, 0.15) is 38.5 Å². The average molecular weight is 470 g/mol. The number of aromatic nitrogens is 3. The van der Waals surface area contributed by atoms with Crippen LogP contribution < -0.4 is 4.84 Å². The number of halogens is 6. The van der Waals surface area contributed by atoms with Crippen molar-refractivity contribution in [3.8, 4) is 0 Å². The Hall–Kier alpha value is -0.740. The minimum Gasteiger partial charge on any atom is -0.373 e. The Balaban J connectivity index is 0.000000298. The van der Waals surface area contributed by atoms with Crippen molar-refractivity contribution >= 4 is 16.2 Å². The summed E-state index contributed by atoms with van der Waals surface area (Å²) in [4.78, 5) is 7.59. The summed E-state index contributed by atoms with van der Waals surface area (Å²) in [6, 6.07) is 0. The third-order valence-corrected chi connectivity index (χ3v) is 7.91. The molecule has 1 atom stereocenters. The van der Waals surface area contributed by atoms with E-state index in [0.29, 0.717) is 0 Å². The van der Waals surface area contributed by atoms with Gasteiger partial charge in [-0.1, -0.05) is 4.85 Å². The van der Waals surface area contributed by atoms with Crippen molar-refractivity contribution in [3.05, 3.63) is 12.4 Å². The normalized spacial score (nSPS) is 26.9. The Morgan fingerprint density at radius 2 is 1.34 bits per heavy atom. The molecule has 0 aliphatic carbocycles. The first-order valence-electron chi connectivity index (χ1n) is 9.60. The van der Waals surface area contributed by atoms with Crippen LogP contribution in [0, 0.1) is 0 Å². The van der Waals surface area contributed by atoms with E-state index in [4.69, 9.17) is 4.84 Å². The fourth-order valence-corrected chi connectivity index (χ4v) is 7.20. The number of nitrogens with zero attached hydrogens (tertiary/aromatic N) is 6. The number of rotatable bonds is 5. The van der Waals surface area contributed by atoms with Crippen LogP contribution in [-0.2, 0) is 0 Å². The van der Waals surface area contributed by atoms with Crippen LogP contribution in [-0.4, -0.2) is 68.1 Å². The molecule has 3 fully saturated rings. The molecule has 170 valence electrons. The van der Waals surface area contributed by atoms with E-state index in [0.717, 1.165) is 13.0 Å². The summed E-state index contributed by atoms with van der Waals surface area (Å²) >= 11 is 0. The van der Waals surface area contributed by atoms with Crippen LogP contribution in [0.15, 0.2) is 12.4 Å². The molecular formula is C14H26F6N6OP2. The molecule has 3 saturated heterocycles. The summed E-state index contributed by atoms with van der Waals surface area (Å²) in [5.41, 5.74) is 0. The summed E-state index contributed by atoms with van der Waals surface area (Å²) in [7, 11) is -11.5. The molecule has 0 saturated carbocycles. The van der Waals surface area contributed by atoms with Gasteiger partial charge in [0.15, 0.2) is 0 Å². The van der Waals surface area contributed by atoms with Crippen molar-refractivity contribution in [3.63, 3.8) is 0 Å². The molecule has 1 aromatic rings. The Labute approximate surface area is 166 Å². The number of hydrogen-bond donors (Lipinski definition) is 0. The van der Waals surface area contributed by atoms with E-state index in [9.17, 15) is 25.2 Å². The monoisotopic (exact) mass is 470 g/mol. The van der Waals surface area contributed by atoms with Gasteiger partial charge in [0.25, 0.3) is 0 Å². The molecule has 1 aromatic heterocycles.